The van der Waals surface area contributed by atoms with Crippen LogP contribution in [-0.4, -0.2) is 7.11 Å². The van der Waals surface area contributed by atoms with E-state index in [0.29, 0.717) is 27.6 Å². The van der Waals surface area contributed by atoms with Crippen LogP contribution in [0, 0.1) is 5.82 Å². The highest BCUT2D eigenvalue weighted by Gasteiger charge is 2.12. The van der Waals surface area contributed by atoms with E-state index in [2.05, 4.69) is 0 Å². The normalized spacial score (nSPS) is 10.5. The van der Waals surface area contributed by atoms with Gasteiger partial charge in [-0.2, -0.15) is 0 Å². The molecule has 21 heavy (non-hydrogen) atoms. The van der Waals surface area contributed by atoms with E-state index in [0.717, 1.165) is 0 Å². The van der Waals surface area contributed by atoms with Crippen molar-refractivity contribution in [2.75, 3.05) is 7.11 Å². The Kier molecular flexibility index (Phi) is 5.28. The Morgan fingerprint density at radius 1 is 1.19 bits per heavy atom. The van der Waals surface area contributed by atoms with Gasteiger partial charge in [0.25, 0.3) is 0 Å². The lowest BCUT2D eigenvalue weighted by Gasteiger charge is -2.15. The summed E-state index contributed by atoms with van der Waals surface area (Å²) in [6, 6.07) is 7.85. The Labute approximate surface area is 132 Å². The summed E-state index contributed by atoms with van der Waals surface area (Å²) in [7, 11) is 1.51. The molecular formula is C15H14Cl2FNO2. The molecule has 0 saturated heterocycles. The summed E-state index contributed by atoms with van der Waals surface area (Å²) < 4.78 is 24.4. The summed E-state index contributed by atoms with van der Waals surface area (Å²) >= 11 is 11.6. The maximum atomic E-state index is 13.4. The van der Waals surface area contributed by atoms with Crippen molar-refractivity contribution in [2.45, 2.75) is 13.2 Å². The molecule has 0 radical (unpaired) electrons. The van der Waals surface area contributed by atoms with Crippen LogP contribution in [0.25, 0.3) is 0 Å². The minimum atomic E-state index is -0.486. The number of benzene rings is 2. The Morgan fingerprint density at radius 3 is 2.57 bits per heavy atom. The first-order chi connectivity index (χ1) is 10.0. The van der Waals surface area contributed by atoms with E-state index in [1.807, 2.05) is 0 Å². The lowest BCUT2D eigenvalue weighted by atomic mass is 10.2. The molecule has 2 N–H and O–H groups in total. The number of hydrogen-bond donors (Lipinski definition) is 1. The molecule has 0 saturated carbocycles. The van der Waals surface area contributed by atoms with Crippen molar-refractivity contribution in [2.24, 2.45) is 5.73 Å². The number of nitrogens with two attached hydrogens (primary N) is 1. The van der Waals surface area contributed by atoms with Crippen molar-refractivity contribution in [3.63, 3.8) is 0 Å². The highest BCUT2D eigenvalue weighted by Crippen LogP contribution is 2.35. The van der Waals surface area contributed by atoms with E-state index in [-0.39, 0.29) is 18.2 Å². The van der Waals surface area contributed by atoms with E-state index in [9.17, 15) is 4.39 Å². The molecule has 112 valence electrons. The molecular weight excluding hydrogens is 316 g/mol. The Hall–Kier alpha value is -1.49. The van der Waals surface area contributed by atoms with Gasteiger partial charge in [0.15, 0.2) is 11.5 Å². The van der Waals surface area contributed by atoms with Crippen LogP contribution in [0.4, 0.5) is 4.39 Å². The molecule has 0 heterocycles. The molecule has 3 nitrogen and oxygen atoms in total. The van der Waals surface area contributed by atoms with Gasteiger partial charge in [-0.05, 0) is 23.8 Å². The molecule has 0 atom stereocenters. The number of ether oxygens (including phenoxy) is 2. The molecule has 2 aromatic rings. The minimum Gasteiger partial charge on any atom is -0.493 e. The van der Waals surface area contributed by atoms with Gasteiger partial charge in [0.1, 0.15) is 12.4 Å². The molecule has 0 aromatic heterocycles. The van der Waals surface area contributed by atoms with Gasteiger partial charge in [0, 0.05) is 23.2 Å². The van der Waals surface area contributed by atoms with Crippen molar-refractivity contribution < 1.29 is 13.9 Å². The van der Waals surface area contributed by atoms with E-state index in [1.54, 1.807) is 18.2 Å². The first kappa shape index (κ1) is 15.9. The molecule has 0 bridgehead atoms. The van der Waals surface area contributed by atoms with Gasteiger partial charge < -0.3 is 15.2 Å². The van der Waals surface area contributed by atoms with E-state index in [1.165, 1.54) is 19.2 Å². The molecule has 0 fully saturated rings. The molecule has 0 aliphatic heterocycles. The molecule has 0 amide bonds. The molecule has 6 heteroatoms. The highest BCUT2D eigenvalue weighted by atomic mass is 35.5. The van der Waals surface area contributed by atoms with Crippen molar-refractivity contribution >= 4 is 23.2 Å². The standard InChI is InChI=1S/C15H14Cl2FNO2/c1-20-14-6-11(16)5-10(7-19)15(14)21-8-9-2-3-12(17)13(18)4-9/h2-6H,7-8,19H2,1H3. The highest BCUT2D eigenvalue weighted by molar-refractivity contribution is 6.31. The number of halogens is 3. The zero-order valence-electron chi connectivity index (χ0n) is 11.3. The molecule has 0 spiro atoms. The quantitative estimate of drug-likeness (QED) is 0.894. The summed E-state index contributed by atoms with van der Waals surface area (Å²) in [4.78, 5) is 0. The topological polar surface area (TPSA) is 44.5 Å². The van der Waals surface area contributed by atoms with Gasteiger partial charge in [0.05, 0.1) is 12.1 Å². The van der Waals surface area contributed by atoms with Crippen LogP contribution in [0.15, 0.2) is 30.3 Å². The van der Waals surface area contributed by atoms with Crippen LogP contribution in [0.2, 0.25) is 10.0 Å². The van der Waals surface area contributed by atoms with Gasteiger partial charge in [-0.3, -0.25) is 0 Å². The van der Waals surface area contributed by atoms with Gasteiger partial charge in [-0.15, -0.1) is 0 Å². The molecule has 0 aliphatic rings. The van der Waals surface area contributed by atoms with Crippen molar-refractivity contribution in [1.29, 1.82) is 0 Å². The average molecular weight is 330 g/mol. The fourth-order valence-electron chi connectivity index (χ4n) is 1.87. The summed E-state index contributed by atoms with van der Waals surface area (Å²) in [5, 5.41) is 0.586. The SMILES string of the molecule is COc1cc(Cl)cc(CN)c1OCc1ccc(Cl)c(F)c1. The number of rotatable bonds is 5. The molecule has 2 aromatic carbocycles. The van der Waals surface area contributed by atoms with Gasteiger partial charge in [-0.1, -0.05) is 29.3 Å². The van der Waals surface area contributed by atoms with Gasteiger partial charge in [-0.25, -0.2) is 4.39 Å². The van der Waals surface area contributed by atoms with Crippen molar-refractivity contribution in [3.05, 3.63) is 57.3 Å². The van der Waals surface area contributed by atoms with Crippen LogP contribution in [0.5, 0.6) is 11.5 Å². The minimum absolute atomic E-state index is 0.0745. The maximum Gasteiger partial charge on any atom is 0.166 e. The van der Waals surface area contributed by atoms with Crippen molar-refractivity contribution in [1.82, 2.24) is 0 Å². The van der Waals surface area contributed by atoms with E-state index >= 15 is 0 Å². The lowest BCUT2D eigenvalue weighted by molar-refractivity contribution is 0.281. The van der Waals surface area contributed by atoms with Crippen LogP contribution in [-0.2, 0) is 13.2 Å². The lowest BCUT2D eigenvalue weighted by Crippen LogP contribution is -2.05. The van der Waals surface area contributed by atoms with Crippen molar-refractivity contribution in [3.8, 4) is 11.5 Å². The molecule has 2 rings (SSSR count). The Balaban J connectivity index is 2.24. The second-order valence-electron chi connectivity index (χ2n) is 4.34. The largest absolute Gasteiger partial charge is 0.493 e. The third-order valence-electron chi connectivity index (χ3n) is 2.90. The fourth-order valence-corrected chi connectivity index (χ4v) is 2.22. The molecule has 0 unspecified atom stereocenters. The first-order valence-corrected chi connectivity index (χ1v) is 6.94. The third kappa shape index (κ3) is 3.79. The zero-order chi connectivity index (χ0) is 15.4. The van der Waals surface area contributed by atoms with Crippen LogP contribution < -0.4 is 15.2 Å². The smallest absolute Gasteiger partial charge is 0.166 e. The predicted octanol–water partition coefficient (Wildman–Crippen LogP) is 4.18. The van der Waals surface area contributed by atoms with E-state index in [4.69, 9.17) is 38.4 Å². The molecule has 0 aliphatic carbocycles. The summed E-state index contributed by atoms with van der Waals surface area (Å²) in [5.74, 6) is 0.497. The Bertz CT molecular complexity index is 625. The van der Waals surface area contributed by atoms with Gasteiger partial charge in [0.2, 0.25) is 0 Å². The zero-order valence-corrected chi connectivity index (χ0v) is 12.8. The average Bonchev–Trinajstić information content (AvgIpc) is 2.48. The fraction of sp³-hybridized carbons (Fsp3) is 0.200. The monoisotopic (exact) mass is 329 g/mol. The van der Waals surface area contributed by atoms with Gasteiger partial charge >= 0.3 is 0 Å². The second kappa shape index (κ2) is 6.98. The second-order valence-corrected chi connectivity index (χ2v) is 5.18. The maximum absolute atomic E-state index is 13.4. The van der Waals surface area contributed by atoms with Crippen LogP contribution in [0.3, 0.4) is 0 Å². The van der Waals surface area contributed by atoms with Crippen LogP contribution >= 0.6 is 23.2 Å². The Morgan fingerprint density at radius 2 is 1.95 bits per heavy atom. The number of hydrogen-bond acceptors (Lipinski definition) is 3. The predicted molar refractivity (Wildman–Crippen MR) is 81.6 cm³/mol. The first-order valence-electron chi connectivity index (χ1n) is 6.18. The summed E-state index contributed by atoms with van der Waals surface area (Å²) in [5.41, 5.74) is 7.05. The number of methoxy groups -OCH3 is 1. The van der Waals surface area contributed by atoms with E-state index < -0.39 is 5.82 Å². The summed E-state index contributed by atoms with van der Waals surface area (Å²) in [6.45, 7) is 0.417. The third-order valence-corrected chi connectivity index (χ3v) is 3.43. The summed E-state index contributed by atoms with van der Waals surface area (Å²) in [6.07, 6.45) is 0. The van der Waals surface area contributed by atoms with Crippen LogP contribution in [0.1, 0.15) is 11.1 Å².